The van der Waals surface area contributed by atoms with Gasteiger partial charge in [0.1, 0.15) is 5.75 Å². The fourth-order valence-electron chi connectivity index (χ4n) is 5.21. The summed E-state index contributed by atoms with van der Waals surface area (Å²) >= 11 is 5.83. The highest BCUT2D eigenvalue weighted by atomic mass is 32.1. The van der Waals surface area contributed by atoms with E-state index in [1.54, 1.807) is 13.3 Å². The zero-order valence-corrected chi connectivity index (χ0v) is 23.1. The summed E-state index contributed by atoms with van der Waals surface area (Å²) < 4.78 is 7.69. The number of para-hydroxylation sites is 2. The highest BCUT2D eigenvalue weighted by Gasteiger charge is 2.41. The largest absolute Gasteiger partial charge is 0.495 e. The molecule has 2 unspecified atom stereocenters. The van der Waals surface area contributed by atoms with E-state index in [1.807, 2.05) is 67.0 Å². The maximum absolute atomic E-state index is 13.0. The average molecular weight is 541 g/mol. The summed E-state index contributed by atoms with van der Waals surface area (Å²) in [5.74, 6) is 0.518. The van der Waals surface area contributed by atoms with Crippen molar-refractivity contribution in [1.82, 2.24) is 24.8 Å². The maximum atomic E-state index is 13.0. The van der Waals surface area contributed by atoms with Crippen LogP contribution in [-0.2, 0) is 11.3 Å². The first-order chi connectivity index (χ1) is 19.0. The van der Waals surface area contributed by atoms with Crippen molar-refractivity contribution in [3.63, 3.8) is 0 Å². The highest BCUT2D eigenvalue weighted by molar-refractivity contribution is 7.80. The minimum Gasteiger partial charge on any atom is -0.495 e. The van der Waals surface area contributed by atoms with Gasteiger partial charge in [0, 0.05) is 49.5 Å². The lowest BCUT2D eigenvalue weighted by atomic mass is 9.96. The number of rotatable bonds is 9. The number of amides is 1. The van der Waals surface area contributed by atoms with Gasteiger partial charge in [0.15, 0.2) is 5.11 Å². The van der Waals surface area contributed by atoms with E-state index in [1.165, 1.54) is 5.56 Å². The Kier molecular flexibility index (Phi) is 7.88. The number of nitrogens with one attached hydrogen (secondary N) is 2. The van der Waals surface area contributed by atoms with Crippen molar-refractivity contribution in [3.8, 4) is 5.75 Å². The molecule has 8 nitrogen and oxygen atoms in total. The van der Waals surface area contributed by atoms with Gasteiger partial charge in [0.2, 0.25) is 5.91 Å². The smallest absolute Gasteiger partial charge is 0.226 e. The summed E-state index contributed by atoms with van der Waals surface area (Å²) in [5, 5.41) is 7.08. The second-order valence-electron chi connectivity index (χ2n) is 9.59. The molecule has 1 aliphatic rings. The fraction of sp³-hybridized carbons (Fsp3) is 0.267. The van der Waals surface area contributed by atoms with Crippen LogP contribution in [0.15, 0.2) is 79.3 Å². The molecular formula is C30H32N6O2S. The summed E-state index contributed by atoms with van der Waals surface area (Å²) in [4.78, 5) is 23.9. The summed E-state index contributed by atoms with van der Waals surface area (Å²) in [6.07, 6.45) is 5.70. The third-order valence-corrected chi connectivity index (χ3v) is 7.53. The van der Waals surface area contributed by atoms with Gasteiger partial charge in [-0.3, -0.25) is 14.8 Å². The van der Waals surface area contributed by atoms with Crippen LogP contribution in [0.1, 0.15) is 46.7 Å². The number of ether oxygens (including phenoxy) is 1. The molecule has 2 N–H and O–H groups in total. The number of carbonyl (C=O) groups is 1. The van der Waals surface area contributed by atoms with Crippen LogP contribution < -0.4 is 15.4 Å². The Morgan fingerprint density at radius 3 is 2.59 bits per heavy atom. The number of hydrogen-bond donors (Lipinski definition) is 2. The van der Waals surface area contributed by atoms with E-state index in [0.717, 1.165) is 29.2 Å². The quantitative estimate of drug-likeness (QED) is 0.291. The molecule has 0 spiro atoms. The molecule has 1 aromatic carbocycles. The molecule has 5 rings (SSSR count). The lowest BCUT2D eigenvalue weighted by Crippen LogP contribution is -2.33. The Morgan fingerprint density at radius 1 is 1.08 bits per heavy atom. The van der Waals surface area contributed by atoms with Crippen molar-refractivity contribution >= 4 is 28.9 Å². The summed E-state index contributed by atoms with van der Waals surface area (Å²) in [5.41, 5.74) is 6.22. The second-order valence-corrected chi connectivity index (χ2v) is 9.97. The minimum absolute atomic E-state index is 0.106. The van der Waals surface area contributed by atoms with Crippen molar-refractivity contribution < 1.29 is 9.53 Å². The van der Waals surface area contributed by atoms with Crippen LogP contribution in [0.5, 0.6) is 5.75 Å². The minimum atomic E-state index is -0.147. The van der Waals surface area contributed by atoms with E-state index in [-0.39, 0.29) is 24.4 Å². The predicted octanol–water partition coefficient (Wildman–Crippen LogP) is 4.95. The standard InChI is InChI=1S/C30H32N6O2S/c1-20-18-23(21(2)36(20)19-22-11-15-31-16-12-22)29-28(25-9-6-7-14-32-25)34-30(39)35(29)17-13-27(37)33-24-8-4-5-10-26(24)38-3/h4-12,14-16,18,28-29H,13,17,19H2,1-3H3,(H,33,37)(H,34,39). The van der Waals surface area contributed by atoms with Crippen molar-refractivity contribution in [2.24, 2.45) is 0 Å². The van der Waals surface area contributed by atoms with E-state index < -0.39 is 0 Å². The first-order valence-corrected chi connectivity index (χ1v) is 13.3. The summed E-state index contributed by atoms with van der Waals surface area (Å²) in [7, 11) is 1.59. The molecule has 0 radical (unpaired) electrons. The van der Waals surface area contributed by atoms with Crippen molar-refractivity contribution in [3.05, 3.63) is 107 Å². The normalized spacial score (nSPS) is 16.7. The number of methoxy groups -OCH3 is 1. The molecule has 3 aromatic heterocycles. The first kappa shape index (κ1) is 26.4. The third-order valence-electron chi connectivity index (χ3n) is 7.18. The number of anilines is 1. The maximum Gasteiger partial charge on any atom is 0.226 e. The molecule has 1 amide bonds. The highest BCUT2D eigenvalue weighted by Crippen LogP contribution is 2.41. The lowest BCUT2D eigenvalue weighted by molar-refractivity contribution is -0.116. The van der Waals surface area contributed by atoms with Crippen molar-refractivity contribution in [2.75, 3.05) is 19.0 Å². The van der Waals surface area contributed by atoms with Crippen LogP contribution in [0.3, 0.4) is 0 Å². The number of aryl methyl sites for hydroxylation is 1. The first-order valence-electron chi connectivity index (χ1n) is 12.9. The van der Waals surface area contributed by atoms with Crippen LogP contribution in [0.2, 0.25) is 0 Å². The Balaban J connectivity index is 1.43. The summed E-state index contributed by atoms with van der Waals surface area (Å²) in [6.45, 7) is 5.47. The number of carbonyl (C=O) groups excluding carboxylic acids is 1. The topological polar surface area (TPSA) is 84.3 Å². The monoisotopic (exact) mass is 540 g/mol. The molecule has 1 aliphatic heterocycles. The Bertz CT molecular complexity index is 1460. The van der Waals surface area contributed by atoms with Gasteiger partial charge in [-0.2, -0.15) is 0 Å². The van der Waals surface area contributed by atoms with Crippen molar-refractivity contribution in [2.45, 2.75) is 38.9 Å². The van der Waals surface area contributed by atoms with Gasteiger partial charge in [-0.1, -0.05) is 18.2 Å². The molecule has 9 heteroatoms. The molecule has 39 heavy (non-hydrogen) atoms. The van der Waals surface area contributed by atoms with E-state index in [2.05, 4.69) is 50.0 Å². The van der Waals surface area contributed by atoms with Gasteiger partial charge in [-0.05, 0) is 79.7 Å². The molecule has 0 bridgehead atoms. The fourth-order valence-corrected chi connectivity index (χ4v) is 5.54. The molecule has 4 aromatic rings. The van der Waals surface area contributed by atoms with Crippen molar-refractivity contribution in [1.29, 1.82) is 0 Å². The van der Waals surface area contributed by atoms with Gasteiger partial charge in [0.05, 0.1) is 30.6 Å². The molecular weight excluding hydrogens is 508 g/mol. The molecule has 1 saturated heterocycles. The Hall–Kier alpha value is -4.24. The molecule has 2 atom stereocenters. The lowest BCUT2D eigenvalue weighted by Gasteiger charge is -2.28. The van der Waals surface area contributed by atoms with E-state index >= 15 is 0 Å². The van der Waals surface area contributed by atoms with E-state index in [4.69, 9.17) is 17.0 Å². The zero-order valence-electron chi connectivity index (χ0n) is 22.3. The van der Waals surface area contributed by atoms with Crippen LogP contribution in [0.25, 0.3) is 0 Å². The van der Waals surface area contributed by atoms with Gasteiger partial charge < -0.3 is 24.8 Å². The number of pyridine rings is 2. The number of benzene rings is 1. The molecule has 0 aliphatic carbocycles. The molecule has 1 fully saturated rings. The summed E-state index contributed by atoms with van der Waals surface area (Å²) in [6, 6.07) is 19.3. The SMILES string of the molecule is COc1ccccc1NC(=O)CCN1C(=S)NC(c2ccccn2)C1c1cc(C)n(Cc2ccncc2)c1C. The van der Waals surface area contributed by atoms with Gasteiger partial charge in [-0.25, -0.2) is 0 Å². The Labute approximate surface area is 234 Å². The van der Waals surface area contributed by atoms with Crippen LogP contribution in [0, 0.1) is 13.8 Å². The van der Waals surface area contributed by atoms with Gasteiger partial charge >= 0.3 is 0 Å². The van der Waals surface area contributed by atoms with Gasteiger partial charge in [-0.15, -0.1) is 0 Å². The van der Waals surface area contributed by atoms with Crippen LogP contribution in [0.4, 0.5) is 5.69 Å². The van der Waals surface area contributed by atoms with E-state index in [9.17, 15) is 4.79 Å². The zero-order chi connectivity index (χ0) is 27.4. The van der Waals surface area contributed by atoms with Crippen LogP contribution in [-0.4, -0.2) is 44.1 Å². The second kappa shape index (κ2) is 11.7. The average Bonchev–Trinajstić information content (AvgIpc) is 3.43. The number of thiocarbonyl (C=S) groups is 1. The number of aromatic nitrogens is 3. The predicted molar refractivity (Wildman–Crippen MR) is 156 cm³/mol. The number of hydrogen-bond acceptors (Lipinski definition) is 5. The third kappa shape index (κ3) is 5.63. The van der Waals surface area contributed by atoms with E-state index in [0.29, 0.717) is 23.1 Å². The van der Waals surface area contributed by atoms with Gasteiger partial charge in [0.25, 0.3) is 0 Å². The molecule has 0 saturated carbocycles. The Morgan fingerprint density at radius 2 is 1.85 bits per heavy atom. The molecule has 4 heterocycles. The number of nitrogens with zero attached hydrogens (tertiary/aromatic N) is 4. The van der Waals surface area contributed by atoms with Crippen LogP contribution >= 0.6 is 12.2 Å². The molecule has 200 valence electrons.